The monoisotopic (exact) mass is 266 g/mol. The maximum atomic E-state index is 11.4. The van der Waals surface area contributed by atoms with Crippen LogP contribution in [0, 0.1) is 0 Å². The van der Waals surface area contributed by atoms with Gasteiger partial charge in [0.15, 0.2) is 0 Å². The number of carbonyl (C=O) groups excluding carboxylic acids is 1. The molecule has 0 aromatic heterocycles. The minimum absolute atomic E-state index is 0.160. The molecular weight excluding hydrogens is 244 g/mol. The largest absolute Gasteiger partial charge is 0.294 e. The molecule has 1 amide bonds. The van der Waals surface area contributed by atoms with Crippen LogP contribution >= 0.6 is 11.8 Å². The van der Waals surface area contributed by atoms with Crippen molar-refractivity contribution in [3.8, 4) is 0 Å². The van der Waals surface area contributed by atoms with Crippen LogP contribution in [0.3, 0.4) is 0 Å². The molecule has 0 saturated carbocycles. The van der Waals surface area contributed by atoms with E-state index in [0.29, 0.717) is 0 Å². The molecular formula is C14H22N2OS. The number of hydrazine groups is 1. The highest BCUT2D eigenvalue weighted by atomic mass is 32.2. The molecule has 0 aliphatic carbocycles. The third kappa shape index (κ3) is 4.70. The molecule has 0 bridgehead atoms. The van der Waals surface area contributed by atoms with E-state index < -0.39 is 0 Å². The summed E-state index contributed by atoms with van der Waals surface area (Å²) in [5.74, 6) is 5.75. The van der Waals surface area contributed by atoms with E-state index in [1.807, 2.05) is 30.8 Å². The van der Waals surface area contributed by atoms with Crippen LogP contribution in [0.5, 0.6) is 0 Å². The van der Waals surface area contributed by atoms with Gasteiger partial charge in [0, 0.05) is 10.5 Å². The van der Waals surface area contributed by atoms with Crippen molar-refractivity contribution in [2.75, 3.05) is 0 Å². The second-order valence-electron chi connectivity index (χ2n) is 5.37. The van der Waals surface area contributed by atoms with Crippen LogP contribution in [0.25, 0.3) is 0 Å². The topological polar surface area (TPSA) is 55.1 Å². The fraction of sp³-hybridized carbons (Fsp3) is 0.500. The van der Waals surface area contributed by atoms with Crippen molar-refractivity contribution in [2.24, 2.45) is 5.84 Å². The van der Waals surface area contributed by atoms with Gasteiger partial charge in [0.2, 0.25) is 5.91 Å². The number of thioether (sulfide) groups is 1. The predicted octanol–water partition coefficient (Wildman–Crippen LogP) is 2.81. The Balaban J connectivity index is 2.65. The third-order valence-corrected chi connectivity index (χ3v) is 4.03. The lowest BCUT2D eigenvalue weighted by molar-refractivity contribution is -0.122. The molecule has 100 valence electrons. The highest BCUT2D eigenvalue weighted by molar-refractivity contribution is 7.99. The molecule has 0 aliphatic heterocycles. The van der Waals surface area contributed by atoms with E-state index in [1.165, 1.54) is 5.56 Å². The van der Waals surface area contributed by atoms with Crippen molar-refractivity contribution < 1.29 is 4.79 Å². The van der Waals surface area contributed by atoms with Gasteiger partial charge in [-0.3, -0.25) is 10.2 Å². The zero-order valence-electron chi connectivity index (χ0n) is 11.5. The Labute approximate surface area is 113 Å². The van der Waals surface area contributed by atoms with Crippen molar-refractivity contribution in [3.63, 3.8) is 0 Å². The van der Waals surface area contributed by atoms with Crippen molar-refractivity contribution in [2.45, 2.75) is 44.1 Å². The molecule has 0 radical (unpaired) electrons. The smallest absolute Gasteiger partial charge is 0.241 e. The van der Waals surface area contributed by atoms with Gasteiger partial charge in [-0.05, 0) is 18.1 Å². The molecule has 1 unspecified atom stereocenters. The summed E-state index contributed by atoms with van der Waals surface area (Å²) < 4.78 is 0.269. The molecule has 0 saturated heterocycles. The van der Waals surface area contributed by atoms with Gasteiger partial charge in [-0.15, -0.1) is 0 Å². The standard InChI is InChI=1S/C14H22N2OS/c1-10(13(17)16-15)12-7-5-11(6-8-12)9-18-14(2,3)4/h5-8,10H,9,15H2,1-4H3,(H,16,17). The lowest BCUT2D eigenvalue weighted by Gasteiger charge is -2.17. The number of carbonyl (C=O) groups is 1. The van der Waals surface area contributed by atoms with E-state index in [2.05, 4.69) is 38.3 Å². The van der Waals surface area contributed by atoms with Crippen molar-refractivity contribution >= 4 is 17.7 Å². The summed E-state index contributed by atoms with van der Waals surface area (Å²) in [7, 11) is 0. The van der Waals surface area contributed by atoms with Crippen LogP contribution < -0.4 is 11.3 Å². The molecule has 1 rings (SSSR count). The molecule has 3 nitrogen and oxygen atoms in total. The van der Waals surface area contributed by atoms with E-state index >= 15 is 0 Å². The first kappa shape index (κ1) is 15.1. The number of nitrogens with two attached hydrogens (primary N) is 1. The van der Waals surface area contributed by atoms with Crippen LogP contribution in [0.2, 0.25) is 0 Å². The summed E-state index contributed by atoms with van der Waals surface area (Å²) in [6, 6.07) is 8.15. The van der Waals surface area contributed by atoms with Crippen molar-refractivity contribution in [1.82, 2.24) is 5.43 Å². The zero-order chi connectivity index (χ0) is 13.8. The normalized spacial score (nSPS) is 13.2. The predicted molar refractivity (Wildman–Crippen MR) is 78.2 cm³/mol. The molecule has 1 aromatic rings. The Morgan fingerprint density at radius 1 is 1.33 bits per heavy atom. The van der Waals surface area contributed by atoms with Gasteiger partial charge < -0.3 is 0 Å². The third-order valence-electron chi connectivity index (χ3n) is 2.69. The lowest BCUT2D eigenvalue weighted by Crippen LogP contribution is -2.33. The quantitative estimate of drug-likeness (QED) is 0.500. The van der Waals surface area contributed by atoms with E-state index in [1.54, 1.807) is 0 Å². The number of amides is 1. The SMILES string of the molecule is CC(C(=O)NN)c1ccc(CSC(C)(C)C)cc1. The Hall–Kier alpha value is -1.00. The van der Waals surface area contributed by atoms with E-state index in [-0.39, 0.29) is 16.6 Å². The summed E-state index contributed by atoms with van der Waals surface area (Å²) in [4.78, 5) is 11.4. The summed E-state index contributed by atoms with van der Waals surface area (Å²) in [6.45, 7) is 8.47. The van der Waals surface area contributed by atoms with Crippen LogP contribution in [0.15, 0.2) is 24.3 Å². The fourth-order valence-corrected chi connectivity index (χ4v) is 2.27. The van der Waals surface area contributed by atoms with Crippen LogP contribution in [0.4, 0.5) is 0 Å². The van der Waals surface area contributed by atoms with E-state index in [4.69, 9.17) is 5.84 Å². The number of benzene rings is 1. The Morgan fingerprint density at radius 3 is 2.33 bits per heavy atom. The molecule has 0 fully saturated rings. The second kappa shape index (κ2) is 6.25. The maximum absolute atomic E-state index is 11.4. The highest BCUT2D eigenvalue weighted by Gasteiger charge is 2.14. The first-order valence-corrected chi connectivity index (χ1v) is 7.05. The molecule has 0 spiro atoms. The highest BCUT2D eigenvalue weighted by Crippen LogP contribution is 2.27. The van der Waals surface area contributed by atoms with Gasteiger partial charge in [-0.1, -0.05) is 45.0 Å². The molecule has 4 heteroatoms. The zero-order valence-corrected chi connectivity index (χ0v) is 12.3. The minimum Gasteiger partial charge on any atom is -0.294 e. The fourth-order valence-electron chi connectivity index (χ4n) is 1.48. The van der Waals surface area contributed by atoms with Gasteiger partial charge >= 0.3 is 0 Å². The average molecular weight is 266 g/mol. The Morgan fingerprint density at radius 2 is 1.89 bits per heavy atom. The first-order valence-electron chi connectivity index (χ1n) is 6.07. The van der Waals surface area contributed by atoms with Gasteiger partial charge in [0.05, 0.1) is 5.92 Å². The van der Waals surface area contributed by atoms with Crippen LogP contribution in [-0.4, -0.2) is 10.7 Å². The summed E-state index contributed by atoms with van der Waals surface area (Å²) in [6.07, 6.45) is 0. The van der Waals surface area contributed by atoms with E-state index in [0.717, 1.165) is 11.3 Å². The molecule has 1 aromatic carbocycles. The van der Waals surface area contributed by atoms with Crippen LogP contribution in [-0.2, 0) is 10.5 Å². The lowest BCUT2D eigenvalue weighted by atomic mass is 9.99. The maximum Gasteiger partial charge on any atom is 0.241 e. The van der Waals surface area contributed by atoms with Gasteiger partial charge in [0.1, 0.15) is 0 Å². The Kier molecular flexibility index (Phi) is 5.23. The average Bonchev–Trinajstić information content (AvgIpc) is 2.34. The summed E-state index contributed by atoms with van der Waals surface area (Å²) >= 11 is 1.91. The molecule has 3 N–H and O–H groups in total. The van der Waals surface area contributed by atoms with Gasteiger partial charge in [-0.2, -0.15) is 11.8 Å². The first-order chi connectivity index (χ1) is 8.33. The molecule has 0 heterocycles. The number of nitrogens with one attached hydrogen (secondary N) is 1. The number of hydrogen-bond donors (Lipinski definition) is 2. The molecule has 1 atom stereocenters. The minimum atomic E-state index is -0.209. The Bertz CT molecular complexity index is 395. The van der Waals surface area contributed by atoms with Gasteiger partial charge in [0.25, 0.3) is 0 Å². The second-order valence-corrected chi connectivity index (χ2v) is 7.18. The van der Waals surface area contributed by atoms with Gasteiger partial charge in [-0.25, -0.2) is 5.84 Å². The van der Waals surface area contributed by atoms with Crippen molar-refractivity contribution in [3.05, 3.63) is 35.4 Å². The number of hydrogen-bond acceptors (Lipinski definition) is 3. The van der Waals surface area contributed by atoms with Crippen LogP contribution in [0.1, 0.15) is 44.7 Å². The molecule has 18 heavy (non-hydrogen) atoms. The summed E-state index contributed by atoms with van der Waals surface area (Å²) in [5.41, 5.74) is 4.45. The number of rotatable bonds is 4. The van der Waals surface area contributed by atoms with E-state index in [9.17, 15) is 4.79 Å². The molecule has 0 aliphatic rings. The summed E-state index contributed by atoms with van der Waals surface area (Å²) in [5, 5.41) is 0. The van der Waals surface area contributed by atoms with Crippen molar-refractivity contribution in [1.29, 1.82) is 0 Å².